The van der Waals surface area contributed by atoms with Crippen molar-refractivity contribution in [3.63, 3.8) is 0 Å². The third-order valence-electron chi connectivity index (χ3n) is 2.03. The lowest BCUT2D eigenvalue weighted by Gasteiger charge is -2.15. The molecule has 0 heterocycles. The SMILES string of the molecule is CCOC(=O)CC(CC(=O)O)CC(C)C. The van der Waals surface area contributed by atoms with Gasteiger partial charge in [0.05, 0.1) is 6.61 Å². The van der Waals surface area contributed by atoms with Crippen LogP contribution in [0.15, 0.2) is 0 Å². The number of rotatable bonds is 7. The summed E-state index contributed by atoms with van der Waals surface area (Å²) in [6.07, 6.45) is 0.987. The van der Waals surface area contributed by atoms with Crippen LogP contribution in [-0.4, -0.2) is 23.7 Å². The summed E-state index contributed by atoms with van der Waals surface area (Å²) in [4.78, 5) is 21.8. The number of hydrogen-bond acceptors (Lipinski definition) is 3. The number of aliphatic carboxylic acids is 1. The van der Waals surface area contributed by atoms with Gasteiger partial charge in [-0.25, -0.2) is 0 Å². The summed E-state index contributed by atoms with van der Waals surface area (Å²) >= 11 is 0. The molecule has 0 aliphatic carbocycles. The summed E-state index contributed by atoms with van der Waals surface area (Å²) in [5.41, 5.74) is 0. The highest BCUT2D eigenvalue weighted by Crippen LogP contribution is 2.19. The molecule has 0 spiro atoms. The Balaban J connectivity index is 4.11. The maximum absolute atomic E-state index is 11.2. The minimum atomic E-state index is -0.857. The number of carbonyl (C=O) groups is 2. The summed E-state index contributed by atoms with van der Waals surface area (Å²) in [5.74, 6) is -0.875. The lowest BCUT2D eigenvalue weighted by atomic mass is 9.91. The van der Waals surface area contributed by atoms with Crippen molar-refractivity contribution in [2.24, 2.45) is 11.8 Å². The van der Waals surface area contributed by atoms with E-state index in [1.165, 1.54) is 0 Å². The van der Waals surface area contributed by atoms with E-state index < -0.39 is 5.97 Å². The molecule has 0 radical (unpaired) electrons. The van der Waals surface area contributed by atoms with Crippen LogP contribution < -0.4 is 0 Å². The number of carboxylic acids is 1. The van der Waals surface area contributed by atoms with Crippen LogP contribution in [-0.2, 0) is 14.3 Å². The van der Waals surface area contributed by atoms with Gasteiger partial charge in [0.1, 0.15) is 0 Å². The van der Waals surface area contributed by atoms with Crippen molar-refractivity contribution in [1.29, 1.82) is 0 Å². The highest BCUT2D eigenvalue weighted by Gasteiger charge is 2.19. The molecule has 1 atom stereocenters. The molecular formula is C11H20O4. The molecule has 0 rings (SSSR count). The van der Waals surface area contributed by atoms with Crippen molar-refractivity contribution < 1.29 is 19.4 Å². The van der Waals surface area contributed by atoms with Crippen LogP contribution in [0, 0.1) is 11.8 Å². The Hall–Kier alpha value is -1.06. The van der Waals surface area contributed by atoms with E-state index in [0.717, 1.165) is 6.42 Å². The van der Waals surface area contributed by atoms with E-state index in [-0.39, 0.29) is 24.7 Å². The van der Waals surface area contributed by atoms with Crippen molar-refractivity contribution in [2.45, 2.75) is 40.0 Å². The zero-order valence-electron chi connectivity index (χ0n) is 9.66. The monoisotopic (exact) mass is 216 g/mol. The predicted octanol–water partition coefficient (Wildman–Crippen LogP) is 2.08. The van der Waals surface area contributed by atoms with Crippen molar-refractivity contribution in [3.8, 4) is 0 Å². The van der Waals surface area contributed by atoms with E-state index in [0.29, 0.717) is 12.5 Å². The van der Waals surface area contributed by atoms with E-state index in [9.17, 15) is 9.59 Å². The maximum Gasteiger partial charge on any atom is 0.306 e. The zero-order valence-corrected chi connectivity index (χ0v) is 9.66. The number of hydrogen-bond donors (Lipinski definition) is 1. The topological polar surface area (TPSA) is 63.6 Å². The Morgan fingerprint density at radius 1 is 1.27 bits per heavy atom. The van der Waals surface area contributed by atoms with Crippen molar-refractivity contribution in [3.05, 3.63) is 0 Å². The van der Waals surface area contributed by atoms with Crippen LogP contribution >= 0.6 is 0 Å². The third kappa shape index (κ3) is 7.97. The van der Waals surface area contributed by atoms with Gasteiger partial charge >= 0.3 is 11.9 Å². The number of esters is 1. The molecule has 0 bridgehead atoms. The molecule has 0 aromatic rings. The molecule has 0 aromatic heterocycles. The van der Waals surface area contributed by atoms with E-state index in [1.54, 1.807) is 6.92 Å². The first kappa shape index (κ1) is 13.9. The van der Waals surface area contributed by atoms with Crippen LogP contribution in [0.1, 0.15) is 40.0 Å². The Kier molecular flexibility index (Phi) is 6.75. The van der Waals surface area contributed by atoms with Crippen LogP contribution in [0.4, 0.5) is 0 Å². The smallest absolute Gasteiger partial charge is 0.306 e. The fourth-order valence-electron chi connectivity index (χ4n) is 1.61. The number of ether oxygens (including phenoxy) is 1. The first-order valence-corrected chi connectivity index (χ1v) is 5.33. The second-order valence-corrected chi connectivity index (χ2v) is 4.10. The molecular weight excluding hydrogens is 196 g/mol. The Bertz CT molecular complexity index is 211. The molecule has 1 unspecified atom stereocenters. The van der Waals surface area contributed by atoms with Gasteiger partial charge in [-0.2, -0.15) is 0 Å². The first-order valence-electron chi connectivity index (χ1n) is 5.33. The Morgan fingerprint density at radius 3 is 2.27 bits per heavy atom. The molecule has 0 fully saturated rings. The number of carbonyl (C=O) groups excluding carboxylic acids is 1. The molecule has 0 amide bonds. The van der Waals surface area contributed by atoms with Crippen LogP contribution in [0.2, 0.25) is 0 Å². The average Bonchev–Trinajstić information content (AvgIpc) is 2.00. The van der Waals surface area contributed by atoms with E-state index in [1.807, 2.05) is 13.8 Å². The molecule has 4 nitrogen and oxygen atoms in total. The van der Waals surface area contributed by atoms with E-state index in [4.69, 9.17) is 9.84 Å². The quantitative estimate of drug-likeness (QED) is 0.662. The summed E-state index contributed by atoms with van der Waals surface area (Å²) < 4.78 is 4.80. The summed E-state index contributed by atoms with van der Waals surface area (Å²) in [7, 11) is 0. The normalized spacial score (nSPS) is 12.5. The highest BCUT2D eigenvalue weighted by atomic mass is 16.5. The van der Waals surface area contributed by atoms with Crippen LogP contribution in [0.3, 0.4) is 0 Å². The lowest BCUT2D eigenvalue weighted by molar-refractivity contribution is -0.145. The van der Waals surface area contributed by atoms with Crippen LogP contribution in [0.25, 0.3) is 0 Å². The molecule has 1 N–H and O–H groups in total. The number of carboxylic acid groups (broad SMARTS) is 1. The average molecular weight is 216 g/mol. The molecule has 0 aromatic carbocycles. The van der Waals surface area contributed by atoms with Gasteiger partial charge in [0, 0.05) is 12.8 Å². The lowest BCUT2D eigenvalue weighted by Crippen LogP contribution is -2.16. The second kappa shape index (κ2) is 7.26. The van der Waals surface area contributed by atoms with Gasteiger partial charge in [0.15, 0.2) is 0 Å². The molecule has 0 aliphatic heterocycles. The van der Waals surface area contributed by atoms with Gasteiger partial charge in [-0.15, -0.1) is 0 Å². The predicted molar refractivity (Wildman–Crippen MR) is 56.4 cm³/mol. The van der Waals surface area contributed by atoms with E-state index >= 15 is 0 Å². The highest BCUT2D eigenvalue weighted by molar-refractivity contribution is 5.72. The Labute approximate surface area is 90.6 Å². The van der Waals surface area contributed by atoms with Gasteiger partial charge in [-0.05, 0) is 25.2 Å². The van der Waals surface area contributed by atoms with Crippen molar-refractivity contribution in [1.82, 2.24) is 0 Å². The molecule has 4 heteroatoms. The van der Waals surface area contributed by atoms with Gasteiger partial charge in [0.2, 0.25) is 0 Å². The van der Waals surface area contributed by atoms with Crippen LogP contribution in [0.5, 0.6) is 0 Å². The Morgan fingerprint density at radius 2 is 1.87 bits per heavy atom. The third-order valence-corrected chi connectivity index (χ3v) is 2.03. The molecule has 0 aliphatic rings. The fraction of sp³-hybridized carbons (Fsp3) is 0.818. The van der Waals surface area contributed by atoms with E-state index in [2.05, 4.69) is 0 Å². The summed E-state index contributed by atoms with van der Waals surface area (Å²) in [6, 6.07) is 0. The first-order chi connectivity index (χ1) is 6.95. The zero-order chi connectivity index (χ0) is 11.8. The van der Waals surface area contributed by atoms with Gasteiger partial charge in [-0.3, -0.25) is 9.59 Å². The second-order valence-electron chi connectivity index (χ2n) is 4.10. The maximum atomic E-state index is 11.2. The minimum Gasteiger partial charge on any atom is -0.481 e. The van der Waals surface area contributed by atoms with Gasteiger partial charge in [-0.1, -0.05) is 13.8 Å². The van der Waals surface area contributed by atoms with Crippen molar-refractivity contribution >= 4 is 11.9 Å². The molecule has 15 heavy (non-hydrogen) atoms. The molecule has 88 valence electrons. The minimum absolute atomic E-state index is 0.0387. The summed E-state index contributed by atoms with van der Waals surface area (Å²) in [5, 5.41) is 8.69. The summed E-state index contributed by atoms with van der Waals surface area (Å²) in [6.45, 7) is 6.12. The molecule has 0 saturated carbocycles. The van der Waals surface area contributed by atoms with Gasteiger partial charge < -0.3 is 9.84 Å². The largest absolute Gasteiger partial charge is 0.481 e. The molecule has 0 saturated heterocycles. The fourth-order valence-corrected chi connectivity index (χ4v) is 1.61. The standard InChI is InChI=1S/C11H20O4/c1-4-15-11(14)7-9(5-8(2)3)6-10(12)13/h8-9H,4-7H2,1-3H3,(H,12,13). The van der Waals surface area contributed by atoms with Gasteiger partial charge in [0.25, 0.3) is 0 Å². The van der Waals surface area contributed by atoms with Crippen molar-refractivity contribution in [2.75, 3.05) is 6.61 Å².